The predicted molar refractivity (Wildman–Crippen MR) is 73.3 cm³/mol. The van der Waals surface area contributed by atoms with Crippen LogP contribution in [0.1, 0.15) is 12.8 Å². The van der Waals surface area contributed by atoms with Crippen LogP contribution in [0.15, 0.2) is 48.8 Å². The monoisotopic (exact) mass is 261 g/mol. The smallest absolute Gasteiger partial charge is 0.142 e. The first kappa shape index (κ1) is 13.4. The first-order valence-corrected chi connectivity index (χ1v) is 6.33. The molecule has 1 atom stereocenters. The van der Waals surface area contributed by atoms with Crippen molar-refractivity contribution in [2.75, 3.05) is 13.2 Å². The standard InChI is InChI=1S/C14H19N3O2/c1-2-18-14(13-6-4-8-17-13)12(15)10-19-11-5-3-7-16-9-11/h2-3,5,7,9,13,17H,1,4,6,8,10,15H2/b14-12-/t13-/m0/s1. The van der Waals surface area contributed by atoms with Crippen LogP contribution in [0.5, 0.6) is 5.75 Å². The Kier molecular flexibility index (Phi) is 4.80. The van der Waals surface area contributed by atoms with E-state index in [1.807, 2.05) is 12.1 Å². The van der Waals surface area contributed by atoms with Crippen LogP contribution in [-0.2, 0) is 4.74 Å². The van der Waals surface area contributed by atoms with E-state index < -0.39 is 0 Å². The van der Waals surface area contributed by atoms with Crippen molar-refractivity contribution in [2.24, 2.45) is 5.73 Å². The van der Waals surface area contributed by atoms with Crippen molar-refractivity contribution in [2.45, 2.75) is 18.9 Å². The molecule has 0 aromatic carbocycles. The van der Waals surface area contributed by atoms with Gasteiger partial charge in [-0.15, -0.1) is 0 Å². The molecule has 0 bridgehead atoms. The zero-order valence-electron chi connectivity index (χ0n) is 10.8. The lowest BCUT2D eigenvalue weighted by Gasteiger charge is -2.17. The number of nitrogens with one attached hydrogen (secondary N) is 1. The third-order valence-electron chi connectivity index (χ3n) is 2.93. The van der Waals surface area contributed by atoms with Gasteiger partial charge in [0.05, 0.1) is 24.2 Å². The lowest BCUT2D eigenvalue weighted by atomic mass is 10.1. The Balaban J connectivity index is 2.01. The molecule has 5 nitrogen and oxygen atoms in total. The van der Waals surface area contributed by atoms with Crippen LogP contribution in [0.4, 0.5) is 0 Å². The normalized spacial score (nSPS) is 19.7. The molecule has 1 aromatic heterocycles. The minimum Gasteiger partial charge on any atom is -0.486 e. The van der Waals surface area contributed by atoms with Crippen molar-refractivity contribution in [1.29, 1.82) is 0 Å². The van der Waals surface area contributed by atoms with Crippen LogP contribution in [0.25, 0.3) is 0 Å². The van der Waals surface area contributed by atoms with E-state index in [1.54, 1.807) is 12.4 Å². The Labute approximate surface area is 113 Å². The van der Waals surface area contributed by atoms with E-state index in [0.29, 0.717) is 17.2 Å². The highest BCUT2D eigenvalue weighted by molar-refractivity contribution is 5.19. The molecule has 1 aliphatic rings. The van der Waals surface area contributed by atoms with E-state index in [0.717, 1.165) is 19.4 Å². The van der Waals surface area contributed by atoms with Crippen LogP contribution in [0.2, 0.25) is 0 Å². The molecule has 1 saturated heterocycles. The maximum Gasteiger partial charge on any atom is 0.142 e. The molecule has 0 radical (unpaired) electrons. The van der Waals surface area contributed by atoms with Crippen LogP contribution >= 0.6 is 0 Å². The second-order valence-corrected chi connectivity index (χ2v) is 4.30. The van der Waals surface area contributed by atoms with Gasteiger partial charge < -0.3 is 20.5 Å². The summed E-state index contributed by atoms with van der Waals surface area (Å²) in [6.07, 6.45) is 6.87. The fourth-order valence-corrected chi connectivity index (χ4v) is 2.04. The van der Waals surface area contributed by atoms with E-state index in [9.17, 15) is 0 Å². The highest BCUT2D eigenvalue weighted by Crippen LogP contribution is 2.18. The summed E-state index contributed by atoms with van der Waals surface area (Å²) in [6, 6.07) is 3.80. The molecule has 5 heteroatoms. The molecular formula is C14H19N3O2. The van der Waals surface area contributed by atoms with Gasteiger partial charge in [0.15, 0.2) is 0 Å². The van der Waals surface area contributed by atoms with Crippen LogP contribution in [0.3, 0.4) is 0 Å². The summed E-state index contributed by atoms with van der Waals surface area (Å²) in [5.41, 5.74) is 6.63. The second-order valence-electron chi connectivity index (χ2n) is 4.30. The maximum atomic E-state index is 6.05. The molecule has 0 spiro atoms. The summed E-state index contributed by atoms with van der Waals surface area (Å²) in [5.74, 6) is 1.39. The summed E-state index contributed by atoms with van der Waals surface area (Å²) in [5, 5.41) is 3.34. The van der Waals surface area contributed by atoms with E-state index in [1.165, 1.54) is 6.26 Å². The van der Waals surface area contributed by atoms with Gasteiger partial charge >= 0.3 is 0 Å². The van der Waals surface area contributed by atoms with Crippen LogP contribution < -0.4 is 15.8 Å². The zero-order chi connectivity index (χ0) is 13.5. The molecule has 3 N–H and O–H groups in total. The first-order chi connectivity index (χ1) is 9.31. The molecular weight excluding hydrogens is 242 g/mol. The zero-order valence-corrected chi connectivity index (χ0v) is 10.8. The molecule has 2 rings (SSSR count). The summed E-state index contributed by atoms with van der Waals surface area (Å²) in [7, 11) is 0. The first-order valence-electron chi connectivity index (χ1n) is 6.33. The largest absolute Gasteiger partial charge is 0.486 e. The third-order valence-corrected chi connectivity index (χ3v) is 2.93. The molecule has 1 aliphatic heterocycles. The van der Waals surface area contributed by atoms with Crippen molar-refractivity contribution < 1.29 is 9.47 Å². The van der Waals surface area contributed by atoms with Crippen molar-refractivity contribution in [3.8, 4) is 5.75 Å². The number of hydrogen-bond donors (Lipinski definition) is 2. The Morgan fingerprint density at radius 1 is 1.63 bits per heavy atom. The SMILES string of the molecule is C=CO/C(=C(\N)COc1cccnc1)[C@@H]1CCCN1. The minimum absolute atomic E-state index is 0.149. The minimum atomic E-state index is 0.149. The number of pyridine rings is 1. The molecule has 102 valence electrons. The number of hydrogen-bond acceptors (Lipinski definition) is 5. The predicted octanol–water partition coefficient (Wildman–Crippen LogP) is 1.54. The number of rotatable bonds is 6. The van der Waals surface area contributed by atoms with E-state index >= 15 is 0 Å². The number of nitrogens with zero attached hydrogens (tertiary/aromatic N) is 1. The van der Waals surface area contributed by atoms with Crippen molar-refractivity contribution in [3.63, 3.8) is 0 Å². The second kappa shape index (κ2) is 6.80. The lowest BCUT2D eigenvalue weighted by Crippen LogP contribution is -2.28. The van der Waals surface area contributed by atoms with Crippen molar-refractivity contribution in [3.05, 3.63) is 48.8 Å². The lowest BCUT2D eigenvalue weighted by molar-refractivity contribution is 0.283. The van der Waals surface area contributed by atoms with Crippen molar-refractivity contribution in [1.82, 2.24) is 10.3 Å². The van der Waals surface area contributed by atoms with Gasteiger partial charge in [-0.3, -0.25) is 4.98 Å². The highest BCUT2D eigenvalue weighted by Gasteiger charge is 2.22. The summed E-state index contributed by atoms with van der Waals surface area (Å²) in [4.78, 5) is 3.98. The molecule has 0 amide bonds. The summed E-state index contributed by atoms with van der Waals surface area (Å²) in [6.45, 7) is 4.83. The topological polar surface area (TPSA) is 69.4 Å². The third kappa shape index (κ3) is 3.72. The van der Waals surface area contributed by atoms with Gasteiger partial charge in [-0.05, 0) is 31.5 Å². The summed E-state index contributed by atoms with van der Waals surface area (Å²) >= 11 is 0. The van der Waals surface area contributed by atoms with Crippen molar-refractivity contribution >= 4 is 0 Å². The average Bonchev–Trinajstić information content (AvgIpc) is 2.97. The van der Waals surface area contributed by atoms with Gasteiger partial charge in [-0.2, -0.15) is 0 Å². The van der Waals surface area contributed by atoms with E-state index in [4.69, 9.17) is 15.2 Å². The molecule has 1 fully saturated rings. The molecule has 0 aliphatic carbocycles. The Hall–Kier alpha value is -2.01. The molecule has 0 saturated carbocycles. The number of aromatic nitrogens is 1. The van der Waals surface area contributed by atoms with Gasteiger partial charge in [0, 0.05) is 6.20 Å². The van der Waals surface area contributed by atoms with Gasteiger partial charge in [-0.25, -0.2) is 0 Å². The Bertz CT molecular complexity index is 439. The molecule has 1 aromatic rings. The number of nitrogens with two attached hydrogens (primary N) is 1. The fraction of sp³-hybridized carbons (Fsp3) is 0.357. The fourth-order valence-electron chi connectivity index (χ4n) is 2.04. The van der Waals surface area contributed by atoms with Crippen LogP contribution in [0, 0.1) is 0 Å². The average molecular weight is 261 g/mol. The van der Waals surface area contributed by atoms with Gasteiger partial charge in [0.25, 0.3) is 0 Å². The van der Waals surface area contributed by atoms with E-state index in [2.05, 4.69) is 16.9 Å². The maximum absolute atomic E-state index is 6.05. The Morgan fingerprint density at radius 2 is 2.53 bits per heavy atom. The highest BCUT2D eigenvalue weighted by atomic mass is 16.5. The van der Waals surface area contributed by atoms with E-state index in [-0.39, 0.29) is 12.6 Å². The molecule has 2 heterocycles. The number of ether oxygens (including phenoxy) is 2. The molecule has 0 unspecified atom stereocenters. The van der Waals surface area contributed by atoms with Gasteiger partial charge in [0.2, 0.25) is 0 Å². The summed E-state index contributed by atoms with van der Waals surface area (Å²) < 4.78 is 11.0. The quantitative estimate of drug-likeness (QED) is 0.760. The van der Waals surface area contributed by atoms with Crippen LogP contribution in [-0.4, -0.2) is 24.2 Å². The van der Waals surface area contributed by atoms with Gasteiger partial charge in [0.1, 0.15) is 18.1 Å². The Morgan fingerprint density at radius 3 is 3.16 bits per heavy atom. The van der Waals surface area contributed by atoms with Gasteiger partial charge in [-0.1, -0.05) is 6.58 Å². The molecule has 19 heavy (non-hydrogen) atoms.